The molecule has 212 valence electrons. The molecule has 0 radical (unpaired) electrons. The number of rotatable bonds is 18. The Morgan fingerprint density at radius 3 is 2.13 bits per heavy atom. The summed E-state index contributed by atoms with van der Waals surface area (Å²) >= 11 is 0. The van der Waals surface area contributed by atoms with Crippen LogP contribution in [0.4, 0.5) is 0 Å². The van der Waals surface area contributed by atoms with Gasteiger partial charge in [0.15, 0.2) is 0 Å². The van der Waals surface area contributed by atoms with Crippen LogP contribution in [0, 0.1) is 0 Å². The third-order valence-electron chi connectivity index (χ3n) is 6.14. The molecule has 0 heterocycles. The molecule has 38 heavy (non-hydrogen) atoms. The van der Waals surface area contributed by atoms with E-state index in [0.29, 0.717) is 44.6 Å². The summed E-state index contributed by atoms with van der Waals surface area (Å²) in [7, 11) is -0.356. The zero-order chi connectivity index (χ0) is 28.0. The van der Waals surface area contributed by atoms with Gasteiger partial charge in [-0.25, -0.2) is 12.7 Å². The first-order valence-electron chi connectivity index (χ1n) is 13.1. The molecular formula is C28H43N3O6S. The quantitative estimate of drug-likeness (QED) is 0.262. The molecule has 0 saturated carbocycles. The lowest BCUT2D eigenvalue weighted by Gasteiger charge is -2.25. The van der Waals surface area contributed by atoms with E-state index >= 15 is 0 Å². The van der Waals surface area contributed by atoms with Crippen molar-refractivity contribution in [2.75, 3.05) is 39.6 Å². The van der Waals surface area contributed by atoms with Crippen molar-refractivity contribution in [3.8, 4) is 11.5 Å². The smallest absolute Gasteiger partial charge is 0.221 e. The van der Waals surface area contributed by atoms with Gasteiger partial charge >= 0.3 is 0 Å². The van der Waals surface area contributed by atoms with Gasteiger partial charge < -0.3 is 25.2 Å². The van der Waals surface area contributed by atoms with Gasteiger partial charge in [0.2, 0.25) is 15.9 Å². The second-order valence-electron chi connectivity index (χ2n) is 9.24. The van der Waals surface area contributed by atoms with E-state index in [1.54, 1.807) is 14.2 Å². The first-order valence-corrected chi connectivity index (χ1v) is 14.7. The van der Waals surface area contributed by atoms with Crippen molar-refractivity contribution >= 4 is 15.9 Å². The summed E-state index contributed by atoms with van der Waals surface area (Å²) in [6.45, 7) is 5.47. The Labute approximate surface area is 227 Å². The van der Waals surface area contributed by atoms with Crippen LogP contribution in [0.15, 0.2) is 48.5 Å². The van der Waals surface area contributed by atoms with E-state index in [-0.39, 0.29) is 18.7 Å². The topological polar surface area (TPSA) is 117 Å². The van der Waals surface area contributed by atoms with Gasteiger partial charge in [0.25, 0.3) is 0 Å². The minimum Gasteiger partial charge on any atom is -0.497 e. The van der Waals surface area contributed by atoms with E-state index in [1.165, 1.54) is 4.31 Å². The van der Waals surface area contributed by atoms with Gasteiger partial charge in [-0.15, -0.1) is 0 Å². The lowest BCUT2D eigenvalue weighted by molar-refractivity contribution is -0.122. The molecule has 2 aromatic rings. The van der Waals surface area contributed by atoms with Gasteiger partial charge in [-0.3, -0.25) is 4.79 Å². The highest BCUT2D eigenvalue weighted by Gasteiger charge is 2.25. The van der Waals surface area contributed by atoms with E-state index in [9.17, 15) is 18.3 Å². The van der Waals surface area contributed by atoms with Crippen LogP contribution in [0.2, 0.25) is 0 Å². The average Bonchev–Trinajstić information content (AvgIpc) is 2.91. The molecule has 0 aliphatic carbocycles. The third-order valence-corrected chi connectivity index (χ3v) is 8.02. The summed E-state index contributed by atoms with van der Waals surface area (Å²) in [6, 6.07) is 14.4. The number of amides is 1. The number of carbonyl (C=O) groups is 1. The molecule has 0 aliphatic heterocycles. The number of hydrogen-bond donors (Lipinski definition) is 3. The number of ether oxygens (including phenoxy) is 2. The number of sulfonamides is 1. The van der Waals surface area contributed by atoms with Crippen LogP contribution in [-0.4, -0.2) is 75.5 Å². The largest absolute Gasteiger partial charge is 0.497 e. The number of nitrogens with one attached hydrogen (secondary N) is 2. The number of nitrogens with zero attached hydrogens (tertiary/aromatic N) is 1. The Hall–Kier alpha value is -2.66. The highest BCUT2D eigenvalue weighted by atomic mass is 32.2. The molecule has 2 aromatic carbocycles. The summed E-state index contributed by atoms with van der Waals surface area (Å²) in [5, 5.41) is 17.1. The standard InChI is InChI=1S/C28H43N3O6S/c1-5-14-31(15-6-2)38(34,35)16-13-28(33)30-26(19-22-9-7-11-24(17-22)36-3)27(32)21-29-20-23-10-8-12-25(18-23)37-4/h7-12,17-18,26-27,29,32H,5-6,13-16,19-21H2,1-4H3,(H,30,33)/t26-,27-/m0/s1. The minimum atomic E-state index is -3.55. The van der Waals surface area contributed by atoms with Gasteiger partial charge in [0.05, 0.1) is 32.1 Å². The molecule has 3 N–H and O–H groups in total. The Bertz CT molecular complexity index is 1090. The van der Waals surface area contributed by atoms with Crippen molar-refractivity contribution in [1.82, 2.24) is 14.9 Å². The fourth-order valence-electron chi connectivity index (χ4n) is 4.14. The third kappa shape index (κ3) is 10.6. The maximum Gasteiger partial charge on any atom is 0.221 e. The Morgan fingerprint density at radius 1 is 0.974 bits per heavy atom. The zero-order valence-electron chi connectivity index (χ0n) is 23.0. The van der Waals surface area contributed by atoms with Gasteiger partial charge in [-0.05, 0) is 54.7 Å². The maximum atomic E-state index is 12.9. The number of methoxy groups -OCH3 is 2. The van der Waals surface area contributed by atoms with Crippen LogP contribution in [0.25, 0.3) is 0 Å². The second-order valence-corrected chi connectivity index (χ2v) is 11.3. The van der Waals surface area contributed by atoms with E-state index in [2.05, 4.69) is 10.6 Å². The van der Waals surface area contributed by atoms with Gasteiger partial charge in [-0.2, -0.15) is 0 Å². The normalized spacial score (nSPS) is 13.2. The maximum absolute atomic E-state index is 12.9. The second kappa shape index (κ2) is 16.3. The molecule has 0 aliphatic rings. The van der Waals surface area contributed by atoms with Crippen molar-refractivity contribution in [3.05, 3.63) is 59.7 Å². The highest BCUT2D eigenvalue weighted by Crippen LogP contribution is 2.16. The average molecular weight is 550 g/mol. The van der Waals surface area contributed by atoms with Crippen molar-refractivity contribution in [3.63, 3.8) is 0 Å². The predicted molar refractivity (Wildman–Crippen MR) is 150 cm³/mol. The molecule has 10 heteroatoms. The van der Waals surface area contributed by atoms with Crippen LogP contribution in [0.3, 0.4) is 0 Å². The molecule has 9 nitrogen and oxygen atoms in total. The zero-order valence-corrected chi connectivity index (χ0v) is 23.8. The number of hydrogen-bond acceptors (Lipinski definition) is 7. The van der Waals surface area contributed by atoms with Gasteiger partial charge in [0.1, 0.15) is 11.5 Å². The molecule has 0 aromatic heterocycles. The molecule has 0 unspecified atom stereocenters. The van der Waals surface area contributed by atoms with Gasteiger partial charge in [-0.1, -0.05) is 38.1 Å². The van der Waals surface area contributed by atoms with Crippen LogP contribution in [0.5, 0.6) is 11.5 Å². The fourth-order valence-corrected chi connectivity index (χ4v) is 5.77. The molecule has 0 fully saturated rings. The highest BCUT2D eigenvalue weighted by molar-refractivity contribution is 7.89. The van der Waals surface area contributed by atoms with Crippen molar-refractivity contribution in [2.45, 2.75) is 58.2 Å². The van der Waals surface area contributed by atoms with E-state index < -0.39 is 28.1 Å². The first kappa shape index (κ1) is 31.6. The minimum absolute atomic E-state index is 0.176. The molecule has 2 atom stereocenters. The monoisotopic (exact) mass is 549 g/mol. The number of carbonyl (C=O) groups excluding carboxylic acids is 1. The van der Waals surface area contributed by atoms with Gasteiger partial charge in [0, 0.05) is 32.6 Å². The predicted octanol–water partition coefficient (Wildman–Crippen LogP) is 2.72. The van der Waals surface area contributed by atoms with Crippen LogP contribution >= 0.6 is 0 Å². The van der Waals surface area contributed by atoms with Crippen molar-refractivity contribution in [1.29, 1.82) is 0 Å². The molecule has 2 rings (SSSR count). The SMILES string of the molecule is CCCN(CCC)S(=O)(=O)CCC(=O)N[C@@H](Cc1cccc(OC)c1)[C@@H](O)CNCc1cccc(OC)c1. The van der Waals surface area contributed by atoms with Crippen molar-refractivity contribution in [2.24, 2.45) is 0 Å². The molecular weight excluding hydrogens is 506 g/mol. The van der Waals surface area contributed by atoms with Crippen molar-refractivity contribution < 1.29 is 27.8 Å². The Morgan fingerprint density at radius 2 is 1.55 bits per heavy atom. The van der Waals surface area contributed by atoms with E-state index in [4.69, 9.17) is 9.47 Å². The summed E-state index contributed by atoms with van der Waals surface area (Å²) in [5.41, 5.74) is 1.88. The molecule has 0 bridgehead atoms. The summed E-state index contributed by atoms with van der Waals surface area (Å²) in [6.07, 6.45) is 0.691. The van der Waals surface area contributed by atoms with Crippen LogP contribution in [0.1, 0.15) is 44.2 Å². The van der Waals surface area contributed by atoms with Crippen LogP contribution < -0.4 is 20.1 Å². The fraction of sp³-hybridized carbons (Fsp3) is 0.536. The molecule has 0 saturated heterocycles. The summed E-state index contributed by atoms with van der Waals surface area (Å²) in [4.78, 5) is 12.9. The number of benzene rings is 2. The summed E-state index contributed by atoms with van der Waals surface area (Å²) in [5.74, 6) is 0.742. The first-order chi connectivity index (χ1) is 18.2. The number of aliphatic hydroxyl groups is 1. The lowest BCUT2D eigenvalue weighted by Crippen LogP contribution is -2.49. The Balaban J connectivity index is 2.05. The number of aliphatic hydroxyl groups excluding tert-OH is 1. The molecule has 0 spiro atoms. The van der Waals surface area contributed by atoms with Crippen LogP contribution in [-0.2, 0) is 27.8 Å². The lowest BCUT2D eigenvalue weighted by atomic mass is 10.0. The summed E-state index contributed by atoms with van der Waals surface area (Å²) < 4.78 is 37.6. The van der Waals surface area contributed by atoms with E-state index in [1.807, 2.05) is 62.4 Å². The molecule has 1 amide bonds. The van der Waals surface area contributed by atoms with E-state index in [0.717, 1.165) is 16.9 Å². The Kier molecular flexibility index (Phi) is 13.6.